The molecule has 0 atom stereocenters. The van der Waals surface area contributed by atoms with Crippen molar-refractivity contribution in [2.75, 3.05) is 6.61 Å². The molecule has 14 heavy (non-hydrogen) atoms. The second-order valence-electron chi connectivity index (χ2n) is 2.97. The van der Waals surface area contributed by atoms with Gasteiger partial charge in [-0.05, 0) is 12.0 Å². The van der Waals surface area contributed by atoms with Crippen LogP contribution in [-0.4, -0.2) is 24.0 Å². The minimum atomic E-state index is -1.02. The van der Waals surface area contributed by atoms with Gasteiger partial charge in [-0.25, -0.2) is 4.79 Å². The predicted octanol–water partition coefficient (Wildman–Crippen LogP) is 1.33. The van der Waals surface area contributed by atoms with Crippen molar-refractivity contribution in [1.29, 1.82) is 0 Å². The number of hydrogen-bond donors (Lipinski definition) is 1. The molecule has 1 N–H and O–H groups in total. The lowest BCUT2D eigenvalue weighted by Crippen LogP contribution is -2.11. The van der Waals surface area contributed by atoms with Crippen molar-refractivity contribution in [2.45, 2.75) is 13.0 Å². The molecule has 1 aliphatic heterocycles. The maximum atomic E-state index is 10.9. The second kappa shape index (κ2) is 3.51. The van der Waals surface area contributed by atoms with Crippen LogP contribution < -0.4 is 0 Å². The summed E-state index contributed by atoms with van der Waals surface area (Å²) in [5.41, 5.74) is 0.944. The Morgan fingerprint density at radius 1 is 1.57 bits per heavy atom. The van der Waals surface area contributed by atoms with Gasteiger partial charge in [0.2, 0.25) is 0 Å². The topological polar surface area (TPSA) is 63.6 Å². The Labute approximate surface area is 84.1 Å². The van der Waals surface area contributed by atoms with Crippen LogP contribution in [0.3, 0.4) is 0 Å². The van der Waals surface area contributed by atoms with Crippen LogP contribution >= 0.6 is 11.3 Å². The van der Waals surface area contributed by atoms with Gasteiger partial charge < -0.3 is 9.84 Å². The van der Waals surface area contributed by atoms with E-state index in [0.29, 0.717) is 30.8 Å². The van der Waals surface area contributed by atoms with Crippen molar-refractivity contribution >= 4 is 23.6 Å². The summed E-state index contributed by atoms with van der Waals surface area (Å²) in [6.45, 7) is 0.955. The van der Waals surface area contributed by atoms with E-state index in [2.05, 4.69) is 0 Å². The van der Waals surface area contributed by atoms with Crippen molar-refractivity contribution in [1.82, 2.24) is 0 Å². The van der Waals surface area contributed by atoms with E-state index in [1.54, 1.807) is 0 Å². The van der Waals surface area contributed by atoms with E-state index in [1.807, 2.05) is 0 Å². The number of thiophene rings is 1. The summed E-state index contributed by atoms with van der Waals surface area (Å²) in [5, 5.41) is 8.95. The molecule has 1 aromatic heterocycles. The lowest BCUT2D eigenvalue weighted by atomic mass is 10.0. The molecule has 0 aromatic carbocycles. The van der Waals surface area contributed by atoms with Crippen LogP contribution in [0.5, 0.6) is 0 Å². The first kappa shape index (κ1) is 9.36. The van der Waals surface area contributed by atoms with Crippen molar-refractivity contribution in [3.05, 3.63) is 20.9 Å². The van der Waals surface area contributed by atoms with Gasteiger partial charge in [-0.2, -0.15) is 0 Å². The Balaban J connectivity index is 2.58. The van der Waals surface area contributed by atoms with Crippen molar-refractivity contribution in [2.24, 2.45) is 0 Å². The molecule has 5 heteroatoms. The molecule has 1 aliphatic rings. The Kier molecular flexibility index (Phi) is 2.35. The molecular formula is C9H8O4S. The number of rotatable bonds is 2. The van der Waals surface area contributed by atoms with E-state index in [9.17, 15) is 9.59 Å². The zero-order chi connectivity index (χ0) is 10.1. The first-order chi connectivity index (χ1) is 6.74. The fourth-order valence-electron chi connectivity index (χ4n) is 1.57. The maximum Gasteiger partial charge on any atom is 0.337 e. The van der Waals surface area contributed by atoms with Crippen LogP contribution in [0.15, 0.2) is 0 Å². The van der Waals surface area contributed by atoms with Crippen LogP contribution in [0.4, 0.5) is 0 Å². The quantitative estimate of drug-likeness (QED) is 0.751. The molecule has 0 amide bonds. The Morgan fingerprint density at radius 3 is 3.00 bits per heavy atom. The van der Waals surface area contributed by atoms with Crippen LogP contribution in [0, 0.1) is 0 Å². The monoisotopic (exact) mass is 212 g/mol. The Bertz CT molecular complexity index is 394. The average Bonchev–Trinajstić information content (AvgIpc) is 2.55. The molecule has 0 bridgehead atoms. The van der Waals surface area contributed by atoms with E-state index >= 15 is 0 Å². The number of carboxylic acid groups (broad SMARTS) is 1. The molecule has 0 saturated heterocycles. The summed E-state index contributed by atoms with van der Waals surface area (Å²) in [6, 6.07) is 0. The molecule has 74 valence electrons. The van der Waals surface area contributed by atoms with E-state index in [4.69, 9.17) is 9.84 Å². The summed E-state index contributed by atoms with van der Waals surface area (Å²) < 4.78 is 5.19. The summed E-state index contributed by atoms with van der Waals surface area (Å²) in [7, 11) is 0. The number of carbonyl (C=O) groups is 2. The van der Waals surface area contributed by atoms with Gasteiger partial charge in [0.15, 0.2) is 6.29 Å². The number of ether oxygens (including phenoxy) is 1. The molecule has 2 heterocycles. The molecule has 0 saturated carbocycles. The van der Waals surface area contributed by atoms with Gasteiger partial charge >= 0.3 is 5.97 Å². The van der Waals surface area contributed by atoms with Gasteiger partial charge in [-0.3, -0.25) is 4.79 Å². The maximum absolute atomic E-state index is 10.9. The third-order valence-electron chi connectivity index (χ3n) is 2.17. The molecular weight excluding hydrogens is 204 g/mol. The van der Waals surface area contributed by atoms with Crippen molar-refractivity contribution < 1.29 is 19.4 Å². The number of aldehydes is 1. The molecule has 0 unspecified atom stereocenters. The second-order valence-corrected chi connectivity index (χ2v) is 4.11. The van der Waals surface area contributed by atoms with E-state index in [-0.39, 0.29) is 5.56 Å². The minimum absolute atomic E-state index is 0.170. The fraction of sp³-hybridized carbons (Fsp3) is 0.333. The molecule has 0 fully saturated rings. The van der Waals surface area contributed by atoms with Gasteiger partial charge in [0.05, 0.1) is 23.7 Å². The van der Waals surface area contributed by atoms with Crippen LogP contribution in [0.2, 0.25) is 0 Å². The third-order valence-corrected chi connectivity index (χ3v) is 3.30. The first-order valence-corrected chi connectivity index (χ1v) is 4.96. The van der Waals surface area contributed by atoms with Crippen molar-refractivity contribution in [3.63, 3.8) is 0 Å². The number of aromatic carboxylic acids is 1. The van der Waals surface area contributed by atoms with Crippen LogP contribution in [-0.2, 0) is 17.8 Å². The normalized spacial score (nSPS) is 14.9. The highest BCUT2D eigenvalue weighted by Gasteiger charge is 2.24. The highest BCUT2D eigenvalue weighted by atomic mass is 32.1. The summed E-state index contributed by atoms with van der Waals surface area (Å²) in [6.07, 6.45) is 1.19. The van der Waals surface area contributed by atoms with E-state index in [0.717, 1.165) is 10.4 Å². The summed E-state index contributed by atoms with van der Waals surface area (Å²) >= 11 is 1.22. The lowest BCUT2D eigenvalue weighted by Gasteiger charge is -2.11. The number of hydrogen-bond acceptors (Lipinski definition) is 4. The smallest absolute Gasteiger partial charge is 0.337 e. The minimum Gasteiger partial charge on any atom is -0.478 e. The Hall–Kier alpha value is -1.20. The van der Waals surface area contributed by atoms with Crippen LogP contribution in [0.1, 0.15) is 30.5 Å². The number of carboxylic acids is 1. The molecule has 0 aliphatic carbocycles. The molecule has 0 radical (unpaired) electrons. The zero-order valence-corrected chi connectivity index (χ0v) is 8.10. The van der Waals surface area contributed by atoms with E-state index < -0.39 is 5.97 Å². The van der Waals surface area contributed by atoms with Crippen LogP contribution in [0.25, 0.3) is 0 Å². The third kappa shape index (κ3) is 1.34. The number of carbonyl (C=O) groups excluding carboxylic acids is 1. The van der Waals surface area contributed by atoms with Gasteiger partial charge in [0, 0.05) is 4.88 Å². The van der Waals surface area contributed by atoms with Gasteiger partial charge in [0.1, 0.15) is 0 Å². The molecule has 0 spiro atoms. The summed E-state index contributed by atoms with van der Waals surface area (Å²) in [4.78, 5) is 22.7. The van der Waals surface area contributed by atoms with Gasteiger partial charge in [-0.15, -0.1) is 11.3 Å². The van der Waals surface area contributed by atoms with Crippen molar-refractivity contribution in [3.8, 4) is 0 Å². The number of fused-ring (bicyclic) bond motifs is 1. The average molecular weight is 212 g/mol. The zero-order valence-electron chi connectivity index (χ0n) is 7.28. The van der Waals surface area contributed by atoms with Gasteiger partial charge in [0.25, 0.3) is 0 Å². The Morgan fingerprint density at radius 2 is 2.36 bits per heavy atom. The van der Waals surface area contributed by atoms with Gasteiger partial charge in [-0.1, -0.05) is 0 Å². The SMILES string of the molecule is O=Cc1sc2c(c1C(=O)O)CCOC2. The molecule has 2 rings (SSSR count). The highest BCUT2D eigenvalue weighted by Crippen LogP contribution is 2.31. The standard InChI is InChI=1S/C9H8O4S/c10-3-6-8(9(11)12)5-1-2-13-4-7(5)14-6/h3H,1-2,4H2,(H,11,12). The molecule has 4 nitrogen and oxygen atoms in total. The lowest BCUT2D eigenvalue weighted by molar-refractivity contribution is 0.0689. The first-order valence-electron chi connectivity index (χ1n) is 4.14. The summed E-state index contributed by atoms with van der Waals surface area (Å²) in [5.74, 6) is -1.02. The predicted molar refractivity (Wildman–Crippen MR) is 50.0 cm³/mol. The van der Waals surface area contributed by atoms with E-state index in [1.165, 1.54) is 11.3 Å². The molecule has 1 aromatic rings. The highest BCUT2D eigenvalue weighted by molar-refractivity contribution is 7.14. The fourth-order valence-corrected chi connectivity index (χ4v) is 2.67. The largest absolute Gasteiger partial charge is 0.478 e.